The molecule has 1 aliphatic heterocycles. The number of carbonyl (C=O) groups excluding carboxylic acids is 2. The van der Waals surface area contributed by atoms with E-state index >= 15 is 0 Å². The number of ether oxygens (including phenoxy) is 1. The molecule has 3 aromatic heterocycles. The largest absolute Gasteiger partial charge is 0.481 e. The number of hydrogen-bond acceptors (Lipinski definition) is 8. The van der Waals surface area contributed by atoms with Crippen molar-refractivity contribution in [2.45, 2.75) is 25.4 Å². The molecule has 1 aromatic carbocycles. The van der Waals surface area contributed by atoms with Gasteiger partial charge >= 0.3 is 5.69 Å². The summed E-state index contributed by atoms with van der Waals surface area (Å²) in [6.07, 6.45) is 5.67. The predicted molar refractivity (Wildman–Crippen MR) is 167 cm³/mol. The Balaban J connectivity index is 1.40. The number of anilines is 1. The minimum absolute atomic E-state index is 0.0688. The number of halogens is 2. The number of aryl methyl sites for hydroxylation is 1. The minimum atomic E-state index is -0.732. The second kappa shape index (κ2) is 13.0. The van der Waals surface area contributed by atoms with Crippen molar-refractivity contribution >= 4 is 40.7 Å². The molecule has 12 nitrogen and oxygen atoms in total. The van der Waals surface area contributed by atoms with Crippen LogP contribution in [-0.2, 0) is 25.4 Å². The van der Waals surface area contributed by atoms with Crippen molar-refractivity contribution < 1.29 is 14.3 Å². The van der Waals surface area contributed by atoms with E-state index in [2.05, 4.69) is 25.9 Å². The van der Waals surface area contributed by atoms with E-state index < -0.39 is 17.2 Å². The summed E-state index contributed by atoms with van der Waals surface area (Å²) in [5.74, 6) is -0.240. The Labute approximate surface area is 262 Å². The number of rotatable bonds is 9. The molecule has 4 heterocycles. The van der Waals surface area contributed by atoms with Gasteiger partial charge in [-0.05, 0) is 18.6 Å². The lowest BCUT2D eigenvalue weighted by atomic mass is 10.0. The van der Waals surface area contributed by atoms with Crippen LogP contribution < -0.4 is 31.9 Å². The van der Waals surface area contributed by atoms with E-state index in [1.165, 1.54) is 27.4 Å². The van der Waals surface area contributed by atoms with E-state index in [4.69, 9.17) is 27.9 Å². The number of nitrogens with one attached hydrogen (secondary N) is 3. The average Bonchev–Trinajstić information content (AvgIpc) is 3.44. The van der Waals surface area contributed by atoms with Crippen molar-refractivity contribution in [2.75, 3.05) is 19.0 Å². The SMILES string of the molecule is COc1nc(-c2cncc(-c3cccc(NC(=O)c4cn(C)c(=O)n(C)c4=O)c3Cl)c2Cl)ccc1CNC[C@@H]1CCC(=O)N1. The first kappa shape index (κ1) is 30.9. The Morgan fingerprint density at radius 1 is 1.07 bits per heavy atom. The summed E-state index contributed by atoms with van der Waals surface area (Å²) >= 11 is 13.6. The van der Waals surface area contributed by atoms with Crippen LogP contribution in [0, 0.1) is 0 Å². The zero-order chi connectivity index (χ0) is 31.5. The third-order valence-corrected chi connectivity index (χ3v) is 8.12. The Hall–Kier alpha value is -4.52. The number of pyridine rings is 2. The molecule has 14 heteroatoms. The molecule has 1 fully saturated rings. The first-order valence-electron chi connectivity index (χ1n) is 13.6. The standard InChI is InChI=1S/C30H29Cl2N7O5/c1-38-15-21(29(42)39(2)30(38)43)27(41)36-23-6-4-5-18(26(23)32)19-13-34-14-20(25(19)31)22-9-7-16(28(37-22)44-3)11-33-12-17-8-10-24(40)35-17/h4-7,9,13-15,17,33H,8,10-12H2,1-3H3,(H,35,40)(H,36,41)/t17-/m0/s1. The summed E-state index contributed by atoms with van der Waals surface area (Å²) < 4.78 is 7.55. The molecular weight excluding hydrogens is 609 g/mol. The van der Waals surface area contributed by atoms with E-state index in [-0.39, 0.29) is 28.2 Å². The Morgan fingerprint density at radius 2 is 1.84 bits per heavy atom. The summed E-state index contributed by atoms with van der Waals surface area (Å²) in [5.41, 5.74) is 1.61. The van der Waals surface area contributed by atoms with Gasteiger partial charge in [0, 0.05) is 80.5 Å². The highest BCUT2D eigenvalue weighted by Gasteiger charge is 2.22. The zero-order valence-corrected chi connectivity index (χ0v) is 25.6. The summed E-state index contributed by atoms with van der Waals surface area (Å²) in [6.45, 7) is 1.13. The molecular formula is C30H29Cl2N7O5. The van der Waals surface area contributed by atoms with Gasteiger partial charge in [-0.15, -0.1) is 0 Å². The Bertz CT molecular complexity index is 1890. The predicted octanol–water partition coefficient (Wildman–Crippen LogP) is 3.14. The molecule has 1 atom stereocenters. The molecule has 0 saturated carbocycles. The number of methoxy groups -OCH3 is 1. The Kier molecular flexibility index (Phi) is 9.14. The monoisotopic (exact) mass is 637 g/mol. The lowest BCUT2D eigenvalue weighted by molar-refractivity contribution is -0.119. The van der Waals surface area contributed by atoms with Crippen molar-refractivity contribution in [1.82, 2.24) is 29.7 Å². The number of benzene rings is 1. The lowest BCUT2D eigenvalue weighted by Gasteiger charge is -2.15. The van der Waals surface area contributed by atoms with Crippen molar-refractivity contribution in [2.24, 2.45) is 14.1 Å². The van der Waals surface area contributed by atoms with Gasteiger partial charge in [-0.3, -0.25) is 23.9 Å². The summed E-state index contributed by atoms with van der Waals surface area (Å²) in [6, 6.07) is 8.80. The topological polar surface area (TPSA) is 149 Å². The molecule has 1 saturated heterocycles. The van der Waals surface area contributed by atoms with Gasteiger partial charge in [0.1, 0.15) is 5.56 Å². The average molecular weight is 639 g/mol. The number of aromatic nitrogens is 4. The molecule has 44 heavy (non-hydrogen) atoms. The summed E-state index contributed by atoms with van der Waals surface area (Å²) in [7, 11) is 4.28. The van der Waals surface area contributed by atoms with Gasteiger partial charge in [-0.25, -0.2) is 9.78 Å². The second-order valence-corrected chi connectivity index (χ2v) is 11.0. The number of amides is 2. The zero-order valence-electron chi connectivity index (χ0n) is 24.1. The van der Waals surface area contributed by atoms with Gasteiger partial charge in [-0.1, -0.05) is 41.4 Å². The fourth-order valence-corrected chi connectivity index (χ4v) is 5.51. The van der Waals surface area contributed by atoms with Gasteiger partial charge in [0.05, 0.1) is 28.5 Å². The van der Waals surface area contributed by atoms with Crippen LogP contribution >= 0.6 is 23.2 Å². The Morgan fingerprint density at radius 3 is 2.57 bits per heavy atom. The van der Waals surface area contributed by atoms with Gasteiger partial charge in [0.15, 0.2) is 0 Å². The quantitative estimate of drug-likeness (QED) is 0.253. The van der Waals surface area contributed by atoms with Crippen molar-refractivity contribution in [1.29, 1.82) is 0 Å². The van der Waals surface area contributed by atoms with E-state index in [1.54, 1.807) is 30.6 Å². The molecule has 0 radical (unpaired) electrons. The fourth-order valence-electron chi connectivity index (χ4n) is 4.94. The maximum absolute atomic E-state index is 13.0. The highest BCUT2D eigenvalue weighted by atomic mass is 35.5. The van der Waals surface area contributed by atoms with Gasteiger partial charge in [0.2, 0.25) is 11.8 Å². The second-order valence-electron chi connectivity index (χ2n) is 10.3. The van der Waals surface area contributed by atoms with E-state index in [9.17, 15) is 19.2 Å². The smallest absolute Gasteiger partial charge is 0.330 e. The third-order valence-electron chi connectivity index (χ3n) is 7.31. The van der Waals surface area contributed by atoms with Crippen LogP contribution in [0.15, 0.2) is 58.5 Å². The number of nitrogens with zero attached hydrogens (tertiary/aromatic N) is 4. The molecule has 228 valence electrons. The number of carbonyl (C=O) groups is 2. The minimum Gasteiger partial charge on any atom is -0.481 e. The highest BCUT2D eigenvalue weighted by molar-refractivity contribution is 6.39. The third kappa shape index (κ3) is 6.23. The van der Waals surface area contributed by atoms with E-state index in [0.29, 0.717) is 52.8 Å². The molecule has 0 aliphatic carbocycles. The van der Waals surface area contributed by atoms with Crippen LogP contribution in [0.3, 0.4) is 0 Å². The van der Waals surface area contributed by atoms with Crippen molar-refractivity contribution in [3.8, 4) is 28.3 Å². The van der Waals surface area contributed by atoms with Gasteiger partial charge < -0.3 is 25.3 Å². The van der Waals surface area contributed by atoms with Crippen LogP contribution in [0.5, 0.6) is 5.88 Å². The fraction of sp³-hybridized carbons (Fsp3) is 0.267. The summed E-state index contributed by atoms with van der Waals surface area (Å²) in [5, 5.41) is 9.43. The molecule has 0 unspecified atom stereocenters. The van der Waals surface area contributed by atoms with E-state index in [1.807, 2.05) is 12.1 Å². The molecule has 1 aliphatic rings. The van der Waals surface area contributed by atoms with Crippen LogP contribution in [0.4, 0.5) is 5.69 Å². The molecule has 4 aromatic rings. The van der Waals surface area contributed by atoms with Crippen molar-refractivity contribution in [3.05, 3.63) is 90.9 Å². The number of hydrogen-bond donors (Lipinski definition) is 3. The van der Waals surface area contributed by atoms with Crippen LogP contribution in [0.2, 0.25) is 10.0 Å². The van der Waals surface area contributed by atoms with Crippen LogP contribution in [0.1, 0.15) is 28.8 Å². The van der Waals surface area contributed by atoms with Gasteiger partial charge in [0.25, 0.3) is 11.5 Å². The van der Waals surface area contributed by atoms with Crippen molar-refractivity contribution in [3.63, 3.8) is 0 Å². The first-order chi connectivity index (χ1) is 21.1. The highest BCUT2D eigenvalue weighted by Crippen LogP contribution is 2.40. The maximum atomic E-state index is 13.0. The molecule has 3 N–H and O–H groups in total. The molecule has 2 amide bonds. The normalized spacial score (nSPS) is 14.4. The lowest BCUT2D eigenvalue weighted by Crippen LogP contribution is -2.40. The first-order valence-corrected chi connectivity index (χ1v) is 14.4. The van der Waals surface area contributed by atoms with Crippen LogP contribution in [0.25, 0.3) is 22.4 Å². The molecule has 0 spiro atoms. The molecule has 0 bridgehead atoms. The van der Waals surface area contributed by atoms with E-state index in [0.717, 1.165) is 21.1 Å². The molecule has 5 rings (SSSR count). The maximum Gasteiger partial charge on any atom is 0.330 e. The van der Waals surface area contributed by atoms with Crippen LogP contribution in [-0.4, -0.2) is 50.6 Å². The van der Waals surface area contributed by atoms with Gasteiger partial charge in [-0.2, -0.15) is 0 Å². The summed E-state index contributed by atoms with van der Waals surface area (Å²) in [4.78, 5) is 58.0.